The zero-order chi connectivity index (χ0) is 12.1. The van der Waals surface area contributed by atoms with Crippen molar-refractivity contribution in [2.45, 2.75) is 26.4 Å². The summed E-state index contributed by atoms with van der Waals surface area (Å²) < 4.78 is 0. The Bertz CT molecular complexity index is 471. The molecule has 2 heterocycles. The molecule has 17 heavy (non-hydrogen) atoms. The van der Waals surface area contributed by atoms with E-state index in [9.17, 15) is 0 Å². The van der Waals surface area contributed by atoms with Gasteiger partial charge in [0.25, 0.3) is 0 Å². The number of aryl methyl sites for hydroxylation is 1. The van der Waals surface area contributed by atoms with E-state index in [1.165, 1.54) is 0 Å². The van der Waals surface area contributed by atoms with Gasteiger partial charge < -0.3 is 5.32 Å². The van der Waals surface area contributed by atoms with Crippen LogP contribution in [0.4, 0.5) is 0 Å². The van der Waals surface area contributed by atoms with Crippen molar-refractivity contribution in [3.05, 3.63) is 48.1 Å². The Hall–Kier alpha value is -1.88. The van der Waals surface area contributed by atoms with Crippen molar-refractivity contribution < 1.29 is 0 Å². The van der Waals surface area contributed by atoms with Crippen molar-refractivity contribution in [3.8, 4) is 0 Å². The van der Waals surface area contributed by atoms with Gasteiger partial charge in [-0.2, -0.15) is 0 Å². The van der Waals surface area contributed by atoms with Crippen LogP contribution in [0.15, 0.2) is 30.9 Å². The predicted octanol–water partition coefficient (Wildman–Crippen LogP) is 1.43. The van der Waals surface area contributed by atoms with Crippen LogP contribution in [0.3, 0.4) is 0 Å². The lowest BCUT2D eigenvalue weighted by molar-refractivity contribution is 0.552. The third-order valence-corrected chi connectivity index (χ3v) is 2.45. The Morgan fingerprint density at radius 3 is 2.82 bits per heavy atom. The maximum atomic E-state index is 4.33. The minimum absolute atomic E-state index is 0.152. The van der Waals surface area contributed by atoms with E-state index in [2.05, 4.69) is 32.2 Å². The van der Waals surface area contributed by atoms with Gasteiger partial charge in [0, 0.05) is 37.4 Å². The van der Waals surface area contributed by atoms with E-state index < -0.39 is 0 Å². The molecule has 1 N–H and O–H groups in total. The van der Waals surface area contributed by atoms with Gasteiger partial charge in [-0.15, -0.1) is 0 Å². The van der Waals surface area contributed by atoms with Crippen molar-refractivity contribution in [1.29, 1.82) is 0 Å². The second-order valence-electron chi connectivity index (χ2n) is 3.83. The van der Waals surface area contributed by atoms with Crippen LogP contribution in [0.2, 0.25) is 0 Å². The maximum Gasteiger partial charge on any atom is 0.125 e. The van der Waals surface area contributed by atoms with E-state index in [0.29, 0.717) is 6.54 Å². The molecule has 5 heteroatoms. The van der Waals surface area contributed by atoms with Crippen LogP contribution >= 0.6 is 0 Å². The van der Waals surface area contributed by atoms with Gasteiger partial charge >= 0.3 is 0 Å². The second kappa shape index (κ2) is 5.45. The minimum Gasteiger partial charge on any atom is -0.303 e. The van der Waals surface area contributed by atoms with Gasteiger partial charge in [0.1, 0.15) is 5.82 Å². The molecule has 2 aromatic heterocycles. The average Bonchev–Trinajstić information content (AvgIpc) is 2.37. The second-order valence-corrected chi connectivity index (χ2v) is 3.83. The van der Waals surface area contributed by atoms with E-state index in [1.807, 2.05) is 13.0 Å². The zero-order valence-electron chi connectivity index (χ0n) is 9.96. The molecule has 0 fully saturated rings. The number of nitrogens with zero attached hydrogens (tertiary/aromatic N) is 4. The molecular formula is C12H15N5. The molecule has 0 amide bonds. The highest BCUT2D eigenvalue weighted by atomic mass is 15.0. The molecule has 0 saturated carbocycles. The van der Waals surface area contributed by atoms with E-state index in [4.69, 9.17) is 0 Å². The lowest BCUT2D eigenvalue weighted by atomic mass is 10.2. The minimum atomic E-state index is 0.152. The molecule has 0 spiro atoms. The van der Waals surface area contributed by atoms with Gasteiger partial charge in [-0.1, -0.05) is 0 Å². The summed E-state index contributed by atoms with van der Waals surface area (Å²) >= 11 is 0. The highest BCUT2D eigenvalue weighted by Crippen LogP contribution is 2.07. The summed E-state index contributed by atoms with van der Waals surface area (Å²) in [6.45, 7) is 4.63. The fourth-order valence-corrected chi connectivity index (χ4v) is 1.50. The van der Waals surface area contributed by atoms with Gasteiger partial charge in [-0.25, -0.2) is 9.97 Å². The summed E-state index contributed by atoms with van der Waals surface area (Å²) in [5, 5.41) is 3.35. The molecule has 88 valence electrons. The smallest absolute Gasteiger partial charge is 0.125 e. The molecular weight excluding hydrogens is 214 g/mol. The quantitative estimate of drug-likeness (QED) is 0.859. The molecule has 0 radical (unpaired) electrons. The summed E-state index contributed by atoms with van der Waals surface area (Å²) in [7, 11) is 0. The molecule has 5 nitrogen and oxygen atoms in total. The van der Waals surface area contributed by atoms with Crippen molar-refractivity contribution in [3.63, 3.8) is 0 Å². The normalized spacial score (nSPS) is 12.4. The Kier molecular flexibility index (Phi) is 3.72. The predicted molar refractivity (Wildman–Crippen MR) is 64.1 cm³/mol. The summed E-state index contributed by atoms with van der Waals surface area (Å²) in [6.07, 6.45) is 6.90. The van der Waals surface area contributed by atoms with E-state index in [0.717, 1.165) is 17.2 Å². The van der Waals surface area contributed by atoms with E-state index in [1.54, 1.807) is 24.8 Å². The highest BCUT2D eigenvalue weighted by molar-refractivity contribution is 5.04. The molecule has 2 aromatic rings. The fraction of sp³-hybridized carbons (Fsp3) is 0.333. The molecule has 0 aliphatic carbocycles. The van der Waals surface area contributed by atoms with Crippen LogP contribution in [-0.2, 0) is 6.54 Å². The van der Waals surface area contributed by atoms with Gasteiger partial charge in [0.2, 0.25) is 0 Å². The third-order valence-electron chi connectivity index (χ3n) is 2.45. The lowest BCUT2D eigenvalue weighted by Gasteiger charge is -2.12. The Labute approximate surface area is 100 Å². The van der Waals surface area contributed by atoms with Crippen molar-refractivity contribution >= 4 is 0 Å². The monoisotopic (exact) mass is 229 g/mol. The van der Waals surface area contributed by atoms with Gasteiger partial charge in [0.05, 0.1) is 11.4 Å². The molecule has 2 rings (SSSR count). The summed E-state index contributed by atoms with van der Waals surface area (Å²) in [5.74, 6) is 0.788. The van der Waals surface area contributed by atoms with Crippen LogP contribution in [-0.4, -0.2) is 19.9 Å². The van der Waals surface area contributed by atoms with Crippen LogP contribution in [0, 0.1) is 6.92 Å². The maximum absolute atomic E-state index is 4.33. The molecule has 0 aliphatic heterocycles. The topological polar surface area (TPSA) is 63.6 Å². The fourth-order valence-electron chi connectivity index (χ4n) is 1.50. The SMILES string of the molecule is Cc1nccc(CNC(C)c2cnccn2)n1. The average molecular weight is 229 g/mol. The van der Waals surface area contributed by atoms with Crippen LogP contribution in [0.1, 0.15) is 30.2 Å². The third kappa shape index (κ3) is 3.29. The molecule has 0 saturated heterocycles. The van der Waals surface area contributed by atoms with Crippen LogP contribution in [0.5, 0.6) is 0 Å². The summed E-state index contributed by atoms with van der Waals surface area (Å²) in [6, 6.07) is 2.06. The van der Waals surface area contributed by atoms with E-state index in [-0.39, 0.29) is 6.04 Å². The van der Waals surface area contributed by atoms with Crippen molar-refractivity contribution in [1.82, 2.24) is 25.3 Å². The molecule has 0 aromatic carbocycles. The number of aromatic nitrogens is 4. The Morgan fingerprint density at radius 1 is 1.24 bits per heavy atom. The van der Waals surface area contributed by atoms with Crippen LogP contribution in [0.25, 0.3) is 0 Å². The highest BCUT2D eigenvalue weighted by Gasteiger charge is 2.06. The molecule has 0 aliphatic rings. The van der Waals surface area contributed by atoms with Gasteiger partial charge in [-0.05, 0) is 19.9 Å². The van der Waals surface area contributed by atoms with E-state index >= 15 is 0 Å². The molecule has 0 bridgehead atoms. The number of nitrogens with one attached hydrogen (secondary N) is 1. The van der Waals surface area contributed by atoms with Crippen LogP contribution < -0.4 is 5.32 Å². The Balaban J connectivity index is 1.95. The number of hydrogen-bond donors (Lipinski definition) is 1. The summed E-state index contributed by atoms with van der Waals surface area (Å²) in [4.78, 5) is 16.7. The Morgan fingerprint density at radius 2 is 2.12 bits per heavy atom. The zero-order valence-corrected chi connectivity index (χ0v) is 9.96. The molecule has 1 unspecified atom stereocenters. The first-order valence-corrected chi connectivity index (χ1v) is 5.53. The van der Waals surface area contributed by atoms with Crippen molar-refractivity contribution in [2.24, 2.45) is 0 Å². The first-order chi connectivity index (χ1) is 8.25. The van der Waals surface area contributed by atoms with Crippen molar-refractivity contribution in [2.75, 3.05) is 0 Å². The standard InChI is InChI=1S/C12H15N5/c1-9(12-8-13-5-6-15-12)16-7-11-3-4-14-10(2)17-11/h3-6,8-9,16H,7H2,1-2H3. The first-order valence-electron chi connectivity index (χ1n) is 5.53. The first kappa shape index (κ1) is 11.6. The number of rotatable bonds is 4. The summed E-state index contributed by atoms with van der Waals surface area (Å²) in [5.41, 5.74) is 1.91. The van der Waals surface area contributed by atoms with Gasteiger partial charge in [-0.3, -0.25) is 9.97 Å². The largest absolute Gasteiger partial charge is 0.303 e. The van der Waals surface area contributed by atoms with Gasteiger partial charge in [0.15, 0.2) is 0 Å². The number of hydrogen-bond acceptors (Lipinski definition) is 5. The molecule has 1 atom stereocenters. The lowest BCUT2D eigenvalue weighted by Crippen LogP contribution is -2.20.